The van der Waals surface area contributed by atoms with Crippen LogP contribution in [-0.4, -0.2) is 30.6 Å². The van der Waals surface area contributed by atoms with Gasteiger partial charge in [-0.15, -0.1) is 0 Å². The summed E-state index contributed by atoms with van der Waals surface area (Å²) in [4.78, 5) is 9.60. The molecule has 0 bridgehead atoms. The van der Waals surface area contributed by atoms with Crippen LogP contribution in [0.1, 0.15) is 20.3 Å². The van der Waals surface area contributed by atoms with E-state index in [9.17, 15) is 23.6 Å². The quantitative estimate of drug-likeness (QED) is 0.600. The van der Waals surface area contributed by atoms with Crippen LogP contribution in [0.25, 0.3) is 0 Å². The van der Waals surface area contributed by atoms with Crippen molar-refractivity contribution in [3.8, 4) is 0 Å². The second kappa shape index (κ2) is 6.89. The van der Waals surface area contributed by atoms with E-state index in [1.54, 1.807) is 6.92 Å². The molecule has 2 unspecified atom stereocenters. The monoisotopic (exact) mass is 356 g/mol. The van der Waals surface area contributed by atoms with Crippen molar-refractivity contribution in [2.45, 2.75) is 37.3 Å². The number of sulfonamides is 1. The van der Waals surface area contributed by atoms with E-state index < -0.39 is 42.7 Å². The van der Waals surface area contributed by atoms with Crippen LogP contribution in [-0.2, 0) is 10.0 Å². The van der Waals surface area contributed by atoms with Crippen molar-refractivity contribution in [2.24, 2.45) is 0 Å². The Morgan fingerprint density at radius 2 is 1.95 bits per heavy atom. The third-order valence-electron chi connectivity index (χ3n) is 2.55. The van der Waals surface area contributed by atoms with Gasteiger partial charge in [0.1, 0.15) is 14.9 Å². The molecular weight excluding hydrogens is 343 g/mol. The molecule has 2 N–H and O–H groups in total. The van der Waals surface area contributed by atoms with Gasteiger partial charge in [-0.1, -0.05) is 23.2 Å². The van der Waals surface area contributed by atoms with E-state index in [-0.39, 0.29) is 11.4 Å². The molecule has 0 spiro atoms. The van der Waals surface area contributed by atoms with E-state index in [1.165, 1.54) is 6.92 Å². The fourth-order valence-electron chi connectivity index (χ4n) is 1.79. The number of benzene rings is 1. The van der Waals surface area contributed by atoms with E-state index in [1.807, 2.05) is 0 Å². The van der Waals surface area contributed by atoms with Crippen molar-refractivity contribution in [1.82, 2.24) is 4.72 Å². The molecule has 0 aliphatic rings. The smallest absolute Gasteiger partial charge is 0.307 e. The van der Waals surface area contributed by atoms with Gasteiger partial charge in [0.25, 0.3) is 0 Å². The molecule has 10 heteroatoms. The number of hydrogen-bond donors (Lipinski definition) is 2. The number of hydrogen-bond acceptors (Lipinski definition) is 5. The van der Waals surface area contributed by atoms with Crippen LogP contribution in [0.2, 0.25) is 10.0 Å². The fourth-order valence-corrected chi connectivity index (χ4v) is 3.93. The van der Waals surface area contributed by atoms with Gasteiger partial charge in [0.2, 0.25) is 10.0 Å². The number of halogens is 2. The van der Waals surface area contributed by atoms with E-state index in [0.29, 0.717) is 0 Å². The van der Waals surface area contributed by atoms with Gasteiger partial charge in [-0.05, 0) is 32.4 Å². The van der Waals surface area contributed by atoms with Gasteiger partial charge >= 0.3 is 5.69 Å². The largest absolute Gasteiger partial charge is 0.393 e. The fraction of sp³-hybridized carbons (Fsp3) is 0.455. The minimum Gasteiger partial charge on any atom is -0.393 e. The third-order valence-corrected chi connectivity index (χ3v) is 4.99. The zero-order chi connectivity index (χ0) is 16.4. The van der Waals surface area contributed by atoms with Crippen molar-refractivity contribution in [1.29, 1.82) is 0 Å². The van der Waals surface area contributed by atoms with Crippen molar-refractivity contribution in [2.75, 3.05) is 0 Å². The van der Waals surface area contributed by atoms with E-state index in [4.69, 9.17) is 23.2 Å². The van der Waals surface area contributed by atoms with Crippen LogP contribution in [0.5, 0.6) is 0 Å². The number of aliphatic hydroxyl groups excluding tert-OH is 1. The van der Waals surface area contributed by atoms with Gasteiger partial charge in [0.05, 0.1) is 11.0 Å². The molecule has 0 saturated heterocycles. The van der Waals surface area contributed by atoms with E-state index in [0.717, 1.165) is 12.1 Å². The van der Waals surface area contributed by atoms with Crippen LogP contribution >= 0.6 is 23.2 Å². The molecule has 1 rings (SSSR count). The number of nitro benzene ring substituents is 1. The Hall–Kier alpha value is -0.930. The average molecular weight is 357 g/mol. The van der Waals surface area contributed by atoms with Crippen LogP contribution in [0.3, 0.4) is 0 Å². The second-order valence-electron chi connectivity index (χ2n) is 4.57. The van der Waals surface area contributed by atoms with E-state index >= 15 is 0 Å². The Labute approximate surface area is 132 Å². The number of nitro groups is 1. The summed E-state index contributed by atoms with van der Waals surface area (Å²) in [5, 5.41) is 19.3. The van der Waals surface area contributed by atoms with Gasteiger partial charge in [-0.3, -0.25) is 10.1 Å². The van der Waals surface area contributed by atoms with Crippen LogP contribution in [0.15, 0.2) is 17.0 Å². The highest BCUT2D eigenvalue weighted by Crippen LogP contribution is 2.37. The second-order valence-corrected chi connectivity index (χ2v) is 7.04. The first-order chi connectivity index (χ1) is 9.56. The lowest BCUT2D eigenvalue weighted by Gasteiger charge is -2.16. The molecule has 0 amide bonds. The lowest BCUT2D eigenvalue weighted by molar-refractivity contribution is -0.384. The van der Waals surface area contributed by atoms with Gasteiger partial charge in [-0.25, -0.2) is 13.1 Å². The maximum absolute atomic E-state index is 12.2. The van der Waals surface area contributed by atoms with Gasteiger partial charge in [-0.2, -0.15) is 0 Å². The summed E-state index contributed by atoms with van der Waals surface area (Å²) in [5.41, 5.74) is -0.663. The summed E-state index contributed by atoms with van der Waals surface area (Å²) in [5.74, 6) is 0. The lowest BCUT2D eigenvalue weighted by atomic mass is 10.2. The van der Waals surface area contributed by atoms with E-state index in [2.05, 4.69) is 4.72 Å². The minimum absolute atomic E-state index is 0.187. The maximum Gasteiger partial charge on any atom is 0.307 e. The zero-order valence-electron chi connectivity index (χ0n) is 11.2. The van der Waals surface area contributed by atoms with Crippen LogP contribution in [0.4, 0.5) is 5.69 Å². The third kappa shape index (κ3) is 4.52. The van der Waals surface area contributed by atoms with Crippen molar-refractivity contribution < 1.29 is 18.4 Å². The molecule has 1 aromatic carbocycles. The molecule has 0 aliphatic carbocycles. The first-order valence-corrected chi connectivity index (χ1v) is 8.13. The van der Waals surface area contributed by atoms with Crippen LogP contribution in [0, 0.1) is 10.1 Å². The molecule has 7 nitrogen and oxygen atoms in total. The predicted octanol–water partition coefficient (Wildman–Crippen LogP) is 2.34. The molecule has 0 heterocycles. The SMILES string of the molecule is CC(O)CC(C)NS(=O)(=O)c1ccc(Cl)c([N+](=O)[O-])c1Cl. The lowest BCUT2D eigenvalue weighted by Crippen LogP contribution is -2.34. The first-order valence-electron chi connectivity index (χ1n) is 5.89. The highest BCUT2D eigenvalue weighted by Gasteiger charge is 2.28. The molecule has 2 atom stereocenters. The topological polar surface area (TPSA) is 110 Å². The highest BCUT2D eigenvalue weighted by molar-refractivity contribution is 7.89. The minimum atomic E-state index is -4.06. The normalized spacial score (nSPS) is 14.7. The zero-order valence-corrected chi connectivity index (χ0v) is 13.5. The first kappa shape index (κ1) is 18.1. The molecule has 0 aliphatic heterocycles. The van der Waals surface area contributed by atoms with Crippen molar-refractivity contribution >= 4 is 38.9 Å². The Bertz CT molecular complexity index is 648. The Kier molecular flexibility index (Phi) is 5.94. The molecule has 0 fully saturated rings. The summed E-state index contributed by atoms with van der Waals surface area (Å²) >= 11 is 11.4. The highest BCUT2D eigenvalue weighted by atomic mass is 35.5. The number of aliphatic hydroxyl groups is 1. The molecule has 118 valence electrons. The predicted molar refractivity (Wildman–Crippen MR) is 79.2 cm³/mol. The van der Waals surface area contributed by atoms with Crippen molar-refractivity contribution in [3.63, 3.8) is 0 Å². The maximum atomic E-state index is 12.2. The van der Waals surface area contributed by atoms with Gasteiger partial charge in [0, 0.05) is 6.04 Å². The average Bonchev–Trinajstić information content (AvgIpc) is 2.25. The summed E-state index contributed by atoms with van der Waals surface area (Å²) in [6.45, 7) is 3.08. The van der Waals surface area contributed by atoms with Gasteiger partial charge < -0.3 is 5.11 Å². The van der Waals surface area contributed by atoms with Gasteiger partial charge in [0.15, 0.2) is 0 Å². The summed E-state index contributed by atoms with van der Waals surface area (Å²) in [7, 11) is -4.06. The molecule has 21 heavy (non-hydrogen) atoms. The standard InChI is InChI=1S/C11H14Cl2N2O5S/c1-6(5-7(2)16)14-21(19,20)9-4-3-8(12)11(10(9)13)15(17)18/h3-4,6-7,14,16H,5H2,1-2H3. The molecule has 1 aromatic rings. The molecule has 0 radical (unpaired) electrons. The Balaban J connectivity index is 3.21. The summed E-state index contributed by atoms with van der Waals surface area (Å²) in [6.07, 6.45) is -0.510. The molecular formula is C11H14Cl2N2O5S. The molecule has 0 aromatic heterocycles. The van der Waals surface area contributed by atoms with Crippen molar-refractivity contribution in [3.05, 3.63) is 32.3 Å². The number of nitrogens with zero attached hydrogens (tertiary/aromatic N) is 1. The number of nitrogens with one attached hydrogen (secondary N) is 1. The Morgan fingerprint density at radius 3 is 2.43 bits per heavy atom. The Morgan fingerprint density at radius 1 is 1.38 bits per heavy atom. The molecule has 0 saturated carbocycles. The number of rotatable bonds is 6. The van der Waals surface area contributed by atoms with Crippen LogP contribution < -0.4 is 4.72 Å². The summed E-state index contributed by atoms with van der Waals surface area (Å²) in [6, 6.07) is 1.62. The summed E-state index contributed by atoms with van der Waals surface area (Å²) < 4.78 is 26.7.